The summed E-state index contributed by atoms with van der Waals surface area (Å²) in [7, 11) is 0.0611. The van der Waals surface area contributed by atoms with Crippen LogP contribution in [0.2, 0.25) is 0 Å². The maximum atomic E-state index is 2.55. The van der Waals surface area contributed by atoms with E-state index in [1.165, 1.54) is 102 Å². The Hall–Kier alpha value is -1.23. The molecule has 2 aliphatic carbocycles. The van der Waals surface area contributed by atoms with Gasteiger partial charge in [-0.1, -0.05) is 101 Å². The fourth-order valence-electron chi connectivity index (χ4n) is 6.98. The van der Waals surface area contributed by atoms with Crippen molar-refractivity contribution < 1.29 is 51.0 Å². The van der Waals surface area contributed by atoms with E-state index < -0.39 is 0 Å². The maximum absolute atomic E-state index is 2.55. The fraction of sp³-hybridized carbons (Fsp3) is 0.351. The van der Waals surface area contributed by atoms with Crippen molar-refractivity contribution >= 4 is 34.8 Å². The average molecular weight is 679 g/mol. The smallest absolute Gasteiger partial charge is 1.00 e. The Morgan fingerprint density at radius 1 is 0.610 bits per heavy atom. The molecule has 0 amide bonds. The van der Waals surface area contributed by atoms with E-state index in [-0.39, 0.29) is 58.9 Å². The van der Waals surface area contributed by atoms with Crippen molar-refractivity contribution in [2.24, 2.45) is 0 Å². The molecule has 0 bridgehead atoms. The van der Waals surface area contributed by atoms with E-state index in [0.717, 1.165) is 11.3 Å². The minimum Gasteiger partial charge on any atom is -1.00 e. The Morgan fingerprint density at radius 2 is 1.20 bits per heavy atom. The minimum atomic E-state index is 0. The molecule has 5 aromatic carbocycles. The van der Waals surface area contributed by atoms with Crippen LogP contribution >= 0.6 is 7.92 Å². The van der Waals surface area contributed by atoms with Gasteiger partial charge in [-0.05, 0) is 42.6 Å². The van der Waals surface area contributed by atoms with Crippen LogP contribution in [0.1, 0.15) is 69.8 Å². The van der Waals surface area contributed by atoms with Crippen molar-refractivity contribution in [1.82, 2.24) is 0 Å². The van der Waals surface area contributed by atoms with E-state index in [1.54, 1.807) is 5.30 Å². The first-order valence-electron chi connectivity index (χ1n) is 14.9. The third kappa shape index (κ3) is 8.24. The van der Waals surface area contributed by atoms with Crippen LogP contribution in [-0.4, -0.2) is 11.3 Å². The third-order valence-electron chi connectivity index (χ3n) is 8.82. The van der Waals surface area contributed by atoms with Crippen LogP contribution < -0.4 is 30.1 Å². The van der Waals surface area contributed by atoms with Crippen molar-refractivity contribution in [2.45, 2.75) is 82.4 Å². The summed E-state index contributed by atoms with van der Waals surface area (Å²) < 4.78 is 0. The van der Waals surface area contributed by atoms with Crippen LogP contribution in [0.15, 0.2) is 97.1 Å². The SMILES string of the molecule is Cc1cc2c(-c3ccccc3)cccc2[cH-]1.[Cl-].[Cl-].[Zr+4].c1ccc2[cH-]c(P(C3CCCCC3)C3CCCCC3)cc2c1. The summed E-state index contributed by atoms with van der Waals surface area (Å²) in [6.07, 6.45) is 14.9. The van der Waals surface area contributed by atoms with Crippen LogP contribution in [0.25, 0.3) is 32.7 Å². The molecule has 4 heteroatoms. The van der Waals surface area contributed by atoms with Crippen LogP contribution in [0.3, 0.4) is 0 Å². The van der Waals surface area contributed by atoms with Gasteiger partial charge in [0.25, 0.3) is 0 Å². The van der Waals surface area contributed by atoms with Gasteiger partial charge in [0.1, 0.15) is 0 Å². The molecule has 7 rings (SSSR count). The maximum Gasteiger partial charge on any atom is 4.00 e. The molecule has 0 aromatic heterocycles. The number of hydrogen-bond acceptors (Lipinski definition) is 0. The zero-order valence-corrected chi connectivity index (χ0v) is 29.0. The van der Waals surface area contributed by atoms with Gasteiger partial charge >= 0.3 is 26.2 Å². The van der Waals surface area contributed by atoms with Gasteiger partial charge in [0, 0.05) is 0 Å². The van der Waals surface area contributed by atoms with E-state index in [0.29, 0.717) is 0 Å². The predicted molar refractivity (Wildman–Crippen MR) is 170 cm³/mol. The minimum absolute atomic E-state index is 0. The van der Waals surface area contributed by atoms with Gasteiger partial charge in [0.2, 0.25) is 0 Å². The summed E-state index contributed by atoms with van der Waals surface area (Å²) in [5.74, 6) is 0. The number of hydrogen-bond donors (Lipinski definition) is 0. The summed E-state index contributed by atoms with van der Waals surface area (Å²) in [6, 6.07) is 35.6. The predicted octanol–water partition coefficient (Wildman–Crippen LogP) is 4.87. The second kappa shape index (κ2) is 16.6. The summed E-state index contributed by atoms with van der Waals surface area (Å²) in [6.45, 7) is 2.15. The van der Waals surface area contributed by atoms with E-state index in [1.807, 2.05) is 0 Å². The standard InChI is InChI=1S/C21H28P.C16H13.2ClH.Zr/c1-3-11-19(12-4-1)22(20-13-5-2-6-14-20)21-15-17-9-7-8-10-18(17)16-21;1-12-10-14-8-5-9-15(16(14)11-12)13-6-3-2-4-7-13;;;/h7-10,15-16,19-20H,1-6,11-14H2;2-11H,1H3;2*1H;/q2*-1;;;+4/p-2. The number of halogens is 2. The van der Waals surface area contributed by atoms with Gasteiger partial charge in [-0.25, -0.2) is 0 Å². The zero-order chi connectivity index (χ0) is 25.7. The van der Waals surface area contributed by atoms with Crippen molar-refractivity contribution in [1.29, 1.82) is 0 Å². The number of benzene rings is 3. The van der Waals surface area contributed by atoms with Crippen LogP contribution in [0, 0.1) is 6.92 Å². The van der Waals surface area contributed by atoms with Crippen molar-refractivity contribution in [3.63, 3.8) is 0 Å². The molecule has 2 saturated carbocycles. The van der Waals surface area contributed by atoms with Gasteiger partial charge in [-0.3, -0.25) is 0 Å². The van der Waals surface area contributed by atoms with E-state index >= 15 is 0 Å². The largest absolute Gasteiger partial charge is 4.00 e. The summed E-state index contributed by atoms with van der Waals surface area (Å²) in [4.78, 5) is 0. The Kier molecular flexibility index (Phi) is 13.9. The Bertz CT molecular complexity index is 1410. The Balaban J connectivity index is 0.000000219. The average Bonchev–Trinajstić information content (AvgIpc) is 3.57. The summed E-state index contributed by atoms with van der Waals surface area (Å²) in [5, 5.41) is 7.35. The number of fused-ring (bicyclic) bond motifs is 2. The number of rotatable bonds is 4. The molecule has 0 heterocycles. The molecule has 0 unspecified atom stereocenters. The molecule has 212 valence electrons. The summed E-state index contributed by atoms with van der Waals surface area (Å²) >= 11 is 0. The van der Waals surface area contributed by atoms with Crippen molar-refractivity contribution in [3.8, 4) is 11.1 Å². The monoisotopic (exact) mass is 676 g/mol. The molecule has 0 N–H and O–H groups in total. The second-order valence-corrected chi connectivity index (χ2v) is 14.3. The van der Waals surface area contributed by atoms with Crippen LogP contribution in [0.4, 0.5) is 0 Å². The molecule has 0 spiro atoms. The van der Waals surface area contributed by atoms with E-state index in [9.17, 15) is 0 Å². The normalized spacial score (nSPS) is 15.9. The fourth-order valence-corrected chi connectivity index (χ4v) is 10.8. The zero-order valence-electron chi connectivity index (χ0n) is 24.2. The van der Waals surface area contributed by atoms with Crippen LogP contribution in [-0.2, 0) is 26.2 Å². The summed E-state index contributed by atoms with van der Waals surface area (Å²) in [5.41, 5.74) is 5.98. The van der Waals surface area contributed by atoms with Crippen LogP contribution in [0.5, 0.6) is 0 Å². The molecule has 2 aliphatic rings. The number of aryl methyl sites for hydroxylation is 1. The van der Waals surface area contributed by atoms with Gasteiger partial charge in [0.15, 0.2) is 0 Å². The molecular weight excluding hydrogens is 638 g/mol. The van der Waals surface area contributed by atoms with Gasteiger partial charge in [-0.2, -0.15) is 12.1 Å². The molecular formula is C37H41Cl2PZr. The second-order valence-electron chi connectivity index (χ2n) is 11.5. The molecule has 0 saturated heterocycles. The third-order valence-corrected chi connectivity index (χ3v) is 12.3. The van der Waals surface area contributed by atoms with Crippen molar-refractivity contribution in [2.75, 3.05) is 0 Å². The topological polar surface area (TPSA) is 0 Å². The first-order chi connectivity index (χ1) is 18.8. The molecule has 0 aliphatic heterocycles. The molecule has 5 aromatic rings. The van der Waals surface area contributed by atoms with E-state index in [4.69, 9.17) is 0 Å². The first kappa shape index (κ1) is 34.3. The van der Waals surface area contributed by atoms with Crippen molar-refractivity contribution in [3.05, 3.63) is 103 Å². The van der Waals surface area contributed by atoms with Gasteiger partial charge < -0.3 is 24.8 Å². The Labute approximate surface area is 280 Å². The Morgan fingerprint density at radius 3 is 1.83 bits per heavy atom. The quantitative estimate of drug-likeness (QED) is 0.188. The molecule has 0 radical (unpaired) electrons. The van der Waals surface area contributed by atoms with Gasteiger partial charge in [-0.15, -0.1) is 74.9 Å². The van der Waals surface area contributed by atoms with E-state index in [2.05, 4.69) is 104 Å². The first-order valence-corrected chi connectivity index (χ1v) is 16.4. The van der Waals surface area contributed by atoms with Gasteiger partial charge in [0.05, 0.1) is 0 Å². The molecule has 0 atom stereocenters. The molecule has 41 heavy (non-hydrogen) atoms. The molecule has 0 nitrogen and oxygen atoms in total. The molecule has 2 fully saturated rings.